The average Bonchev–Trinajstić information content (AvgIpc) is 2.40. The fraction of sp³-hybridized carbons (Fsp3) is 0.929. The van der Waals surface area contributed by atoms with Crippen LogP contribution in [0.5, 0.6) is 0 Å². The molecular weight excluding hydrogens is 228 g/mol. The number of hydrogen-bond acceptors (Lipinski definition) is 3. The predicted octanol–water partition coefficient (Wildman–Crippen LogP) is 1.33. The van der Waals surface area contributed by atoms with E-state index in [1.165, 1.54) is 19.3 Å². The van der Waals surface area contributed by atoms with Crippen LogP contribution in [0.25, 0.3) is 0 Å². The molecule has 1 aliphatic heterocycles. The Hall–Kier alpha value is -0.610. The molecule has 1 saturated carbocycles. The van der Waals surface area contributed by atoms with E-state index in [0.717, 1.165) is 38.6 Å². The second kappa shape index (κ2) is 7.10. The van der Waals surface area contributed by atoms with Gasteiger partial charge < -0.3 is 15.7 Å². The fourth-order valence-electron chi connectivity index (χ4n) is 3.03. The van der Waals surface area contributed by atoms with Crippen LogP contribution in [0.2, 0.25) is 0 Å². The van der Waals surface area contributed by atoms with E-state index in [1.807, 2.05) is 0 Å². The lowest BCUT2D eigenvalue weighted by molar-refractivity contribution is -0.123. The number of hydrogen-bond donors (Lipinski definition) is 3. The molecule has 1 unspecified atom stereocenters. The Kier molecular flexibility index (Phi) is 5.45. The van der Waals surface area contributed by atoms with Crippen LogP contribution in [0.3, 0.4) is 0 Å². The fourth-order valence-corrected chi connectivity index (χ4v) is 3.03. The first-order chi connectivity index (χ1) is 8.75. The van der Waals surface area contributed by atoms with Gasteiger partial charge in [-0.05, 0) is 38.6 Å². The van der Waals surface area contributed by atoms with Gasteiger partial charge in [-0.1, -0.05) is 19.3 Å². The van der Waals surface area contributed by atoms with Crippen molar-refractivity contribution in [2.45, 2.75) is 76.0 Å². The smallest absolute Gasteiger partial charge is 0.220 e. The van der Waals surface area contributed by atoms with Crippen molar-refractivity contribution in [2.24, 2.45) is 0 Å². The maximum Gasteiger partial charge on any atom is 0.220 e. The number of amides is 1. The van der Waals surface area contributed by atoms with Crippen LogP contribution in [0, 0.1) is 0 Å². The number of carbonyl (C=O) groups excluding carboxylic acids is 1. The molecule has 104 valence electrons. The van der Waals surface area contributed by atoms with Gasteiger partial charge in [-0.2, -0.15) is 0 Å². The monoisotopic (exact) mass is 254 g/mol. The topological polar surface area (TPSA) is 61.4 Å². The van der Waals surface area contributed by atoms with Crippen LogP contribution in [-0.2, 0) is 4.79 Å². The highest BCUT2D eigenvalue weighted by Gasteiger charge is 2.24. The van der Waals surface area contributed by atoms with Gasteiger partial charge in [0.05, 0.1) is 12.1 Å². The van der Waals surface area contributed by atoms with Gasteiger partial charge >= 0.3 is 0 Å². The van der Waals surface area contributed by atoms with E-state index in [2.05, 4.69) is 10.6 Å². The largest absolute Gasteiger partial charge is 0.391 e. The van der Waals surface area contributed by atoms with Crippen LogP contribution in [0.4, 0.5) is 0 Å². The molecule has 2 fully saturated rings. The highest BCUT2D eigenvalue weighted by atomic mass is 16.3. The summed E-state index contributed by atoms with van der Waals surface area (Å²) in [4.78, 5) is 11.8. The molecule has 0 spiro atoms. The lowest BCUT2D eigenvalue weighted by atomic mass is 9.92. The Morgan fingerprint density at radius 1 is 1.17 bits per heavy atom. The molecule has 0 radical (unpaired) electrons. The lowest BCUT2D eigenvalue weighted by Crippen LogP contribution is -2.45. The number of nitrogens with one attached hydrogen (secondary N) is 2. The van der Waals surface area contributed by atoms with E-state index >= 15 is 0 Å². The van der Waals surface area contributed by atoms with Crippen molar-refractivity contribution >= 4 is 5.91 Å². The molecule has 2 aliphatic rings. The van der Waals surface area contributed by atoms with Crippen LogP contribution in [0.1, 0.15) is 57.8 Å². The SMILES string of the molecule is O=C(CCC1CCCCN1)N[C@H]1CCCC[C@@H]1O. The Bertz CT molecular complexity index is 265. The summed E-state index contributed by atoms with van der Waals surface area (Å²) < 4.78 is 0. The summed E-state index contributed by atoms with van der Waals surface area (Å²) in [5, 5.41) is 16.3. The van der Waals surface area contributed by atoms with E-state index in [1.54, 1.807) is 0 Å². The lowest BCUT2D eigenvalue weighted by Gasteiger charge is -2.29. The maximum atomic E-state index is 11.8. The maximum absolute atomic E-state index is 11.8. The van der Waals surface area contributed by atoms with Gasteiger partial charge in [0, 0.05) is 12.5 Å². The molecule has 3 N–H and O–H groups in total. The zero-order valence-electron chi connectivity index (χ0n) is 11.2. The van der Waals surface area contributed by atoms with E-state index in [-0.39, 0.29) is 18.1 Å². The summed E-state index contributed by atoms with van der Waals surface area (Å²) in [6.45, 7) is 1.09. The van der Waals surface area contributed by atoms with Gasteiger partial charge in [0.1, 0.15) is 0 Å². The van der Waals surface area contributed by atoms with Gasteiger partial charge in [0.2, 0.25) is 5.91 Å². The number of aliphatic hydroxyl groups is 1. The van der Waals surface area contributed by atoms with Crippen LogP contribution < -0.4 is 10.6 Å². The Morgan fingerprint density at radius 3 is 2.67 bits per heavy atom. The van der Waals surface area contributed by atoms with Gasteiger partial charge in [0.25, 0.3) is 0 Å². The van der Waals surface area contributed by atoms with Crippen molar-refractivity contribution in [2.75, 3.05) is 6.54 Å². The highest BCUT2D eigenvalue weighted by Crippen LogP contribution is 2.18. The molecule has 0 aromatic carbocycles. The van der Waals surface area contributed by atoms with Gasteiger partial charge in [-0.15, -0.1) is 0 Å². The van der Waals surface area contributed by atoms with Gasteiger partial charge in [0.15, 0.2) is 0 Å². The Labute approximate surface area is 110 Å². The minimum atomic E-state index is -0.337. The summed E-state index contributed by atoms with van der Waals surface area (Å²) in [6.07, 6.45) is 8.86. The van der Waals surface area contributed by atoms with Crippen molar-refractivity contribution in [3.8, 4) is 0 Å². The normalized spacial score (nSPS) is 33.1. The van der Waals surface area contributed by atoms with Crippen molar-refractivity contribution in [1.82, 2.24) is 10.6 Å². The van der Waals surface area contributed by atoms with E-state index in [0.29, 0.717) is 12.5 Å². The molecule has 1 heterocycles. The van der Waals surface area contributed by atoms with Crippen LogP contribution in [0.15, 0.2) is 0 Å². The Morgan fingerprint density at radius 2 is 1.94 bits per heavy atom. The highest BCUT2D eigenvalue weighted by molar-refractivity contribution is 5.76. The van der Waals surface area contributed by atoms with Crippen molar-refractivity contribution in [3.05, 3.63) is 0 Å². The molecule has 18 heavy (non-hydrogen) atoms. The van der Waals surface area contributed by atoms with Crippen LogP contribution >= 0.6 is 0 Å². The first kappa shape index (κ1) is 13.8. The van der Waals surface area contributed by atoms with Crippen molar-refractivity contribution in [1.29, 1.82) is 0 Å². The molecule has 0 aromatic rings. The van der Waals surface area contributed by atoms with Crippen molar-refractivity contribution < 1.29 is 9.90 Å². The van der Waals surface area contributed by atoms with E-state index in [9.17, 15) is 9.90 Å². The standard InChI is InChI=1S/C14H26N2O2/c17-13-7-2-1-6-12(13)16-14(18)9-8-11-5-3-4-10-15-11/h11-13,15,17H,1-10H2,(H,16,18)/t11?,12-,13-/m0/s1. The number of rotatable bonds is 4. The molecule has 1 aliphatic carbocycles. The third-order valence-electron chi connectivity index (χ3n) is 4.21. The molecule has 0 aromatic heterocycles. The molecule has 0 bridgehead atoms. The minimum Gasteiger partial charge on any atom is -0.391 e. The quantitative estimate of drug-likeness (QED) is 0.709. The summed E-state index contributed by atoms with van der Waals surface area (Å²) >= 11 is 0. The number of piperidine rings is 1. The zero-order valence-corrected chi connectivity index (χ0v) is 11.2. The zero-order chi connectivity index (χ0) is 12.8. The predicted molar refractivity (Wildman–Crippen MR) is 71.3 cm³/mol. The molecule has 1 amide bonds. The van der Waals surface area contributed by atoms with Gasteiger partial charge in [-0.25, -0.2) is 0 Å². The third kappa shape index (κ3) is 4.25. The summed E-state index contributed by atoms with van der Waals surface area (Å²) in [7, 11) is 0. The summed E-state index contributed by atoms with van der Waals surface area (Å²) in [6, 6.07) is 0.506. The summed E-state index contributed by atoms with van der Waals surface area (Å²) in [5.74, 6) is 0.105. The van der Waals surface area contributed by atoms with Crippen LogP contribution in [-0.4, -0.2) is 35.7 Å². The van der Waals surface area contributed by atoms with E-state index in [4.69, 9.17) is 0 Å². The second-order valence-corrected chi connectivity index (χ2v) is 5.71. The first-order valence-corrected chi connectivity index (χ1v) is 7.46. The van der Waals surface area contributed by atoms with E-state index < -0.39 is 0 Å². The molecule has 1 saturated heterocycles. The molecular formula is C14H26N2O2. The first-order valence-electron chi connectivity index (χ1n) is 7.46. The minimum absolute atomic E-state index is 0.00874. The molecule has 4 nitrogen and oxygen atoms in total. The average molecular weight is 254 g/mol. The number of carbonyl (C=O) groups is 1. The molecule has 4 heteroatoms. The third-order valence-corrected chi connectivity index (χ3v) is 4.21. The molecule has 2 rings (SSSR count). The summed E-state index contributed by atoms with van der Waals surface area (Å²) in [5.41, 5.74) is 0. The second-order valence-electron chi connectivity index (χ2n) is 5.71. The molecule has 3 atom stereocenters. The van der Waals surface area contributed by atoms with Crippen molar-refractivity contribution in [3.63, 3.8) is 0 Å². The Balaban J connectivity index is 1.64. The van der Waals surface area contributed by atoms with Gasteiger partial charge in [-0.3, -0.25) is 4.79 Å². The number of aliphatic hydroxyl groups excluding tert-OH is 1.